The van der Waals surface area contributed by atoms with Crippen molar-refractivity contribution < 1.29 is 9.59 Å². The van der Waals surface area contributed by atoms with Gasteiger partial charge < -0.3 is 16.0 Å². The number of carbonyl (C=O) groups excluding carboxylic acids is 2. The monoisotopic (exact) mass is 290 g/mol. The fraction of sp³-hybridized carbons (Fsp3) is 0.533. The Morgan fingerprint density at radius 2 is 2.24 bits per heavy atom. The number of aromatic nitrogens is 1. The highest BCUT2D eigenvalue weighted by molar-refractivity contribution is 5.90. The van der Waals surface area contributed by atoms with E-state index in [9.17, 15) is 9.59 Å². The van der Waals surface area contributed by atoms with Gasteiger partial charge in [-0.1, -0.05) is 0 Å². The van der Waals surface area contributed by atoms with E-state index in [1.165, 1.54) is 0 Å². The maximum absolute atomic E-state index is 11.7. The first-order valence-electron chi connectivity index (χ1n) is 7.41. The highest BCUT2D eigenvalue weighted by atomic mass is 16.2. The molecule has 21 heavy (non-hydrogen) atoms. The van der Waals surface area contributed by atoms with Crippen LogP contribution < -0.4 is 16.0 Å². The van der Waals surface area contributed by atoms with E-state index in [2.05, 4.69) is 20.9 Å². The SMILES string of the molecule is O=C(CCC1CCNC1)NCCC(=O)Nc1cccnc1. The van der Waals surface area contributed by atoms with Crippen molar-refractivity contribution in [2.45, 2.75) is 25.7 Å². The summed E-state index contributed by atoms with van der Waals surface area (Å²) in [6, 6.07) is 3.54. The average molecular weight is 290 g/mol. The third kappa shape index (κ3) is 5.91. The van der Waals surface area contributed by atoms with E-state index in [1.807, 2.05) is 0 Å². The van der Waals surface area contributed by atoms with Gasteiger partial charge in [-0.3, -0.25) is 14.6 Å². The Morgan fingerprint density at radius 1 is 1.33 bits per heavy atom. The van der Waals surface area contributed by atoms with E-state index in [1.54, 1.807) is 24.5 Å². The second kappa shape index (κ2) is 8.36. The van der Waals surface area contributed by atoms with Gasteiger partial charge in [0.15, 0.2) is 0 Å². The molecule has 0 radical (unpaired) electrons. The van der Waals surface area contributed by atoms with Crippen LogP contribution in [0.2, 0.25) is 0 Å². The van der Waals surface area contributed by atoms with Gasteiger partial charge in [-0.2, -0.15) is 0 Å². The van der Waals surface area contributed by atoms with Crippen molar-refractivity contribution in [2.75, 3.05) is 25.0 Å². The molecular weight excluding hydrogens is 268 g/mol. The van der Waals surface area contributed by atoms with E-state index < -0.39 is 0 Å². The molecular formula is C15H22N4O2. The van der Waals surface area contributed by atoms with Crippen LogP contribution in [-0.2, 0) is 9.59 Å². The normalized spacial score (nSPS) is 17.4. The molecule has 6 nitrogen and oxygen atoms in total. The van der Waals surface area contributed by atoms with Gasteiger partial charge in [-0.25, -0.2) is 0 Å². The van der Waals surface area contributed by atoms with Gasteiger partial charge in [0, 0.05) is 25.6 Å². The van der Waals surface area contributed by atoms with Gasteiger partial charge in [0.05, 0.1) is 11.9 Å². The predicted octanol–water partition coefficient (Wildman–Crippen LogP) is 0.916. The summed E-state index contributed by atoms with van der Waals surface area (Å²) in [6.07, 6.45) is 6.12. The third-order valence-electron chi connectivity index (χ3n) is 3.56. The van der Waals surface area contributed by atoms with Gasteiger partial charge in [0.1, 0.15) is 0 Å². The molecule has 1 aliphatic rings. The second-order valence-corrected chi connectivity index (χ2v) is 5.29. The molecule has 2 heterocycles. The summed E-state index contributed by atoms with van der Waals surface area (Å²) >= 11 is 0. The van der Waals surface area contributed by atoms with E-state index >= 15 is 0 Å². The summed E-state index contributed by atoms with van der Waals surface area (Å²) in [4.78, 5) is 27.2. The van der Waals surface area contributed by atoms with Crippen molar-refractivity contribution in [1.82, 2.24) is 15.6 Å². The first kappa shape index (κ1) is 15.4. The molecule has 0 bridgehead atoms. The Bertz CT molecular complexity index is 458. The molecule has 1 aromatic rings. The number of rotatable bonds is 7. The third-order valence-corrected chi connectivity index (χ3v) is 3.56. The lowest BCUT2D eigenvalue weighted by atomic mass is 10.0. The first-order valence-corrected chi connectivity index (χ1v) is 7.41. The minimum Gasteiger partial charge on any atom is -0.356 e. The van der Waals surface area contributed by atoms with Crippen molar-refractivity contribution in [2.24, 2.45) is 5.92 Å². The molecule has 2 amide bonds. The van der Waals surface area contributed by atoms with E-state index in [0.29, 0.717) is 24.6 Å². The molecule has 2 rings (SSSR count). The van der Waals surface area contributed by atoms with E-state index in [4.69, 9.17) is 0 Å². The first-order chi connectivity index (χ1) is 10.2. The highest BCUT2D eigenvalue weighted by Gasteiger charge is 2.15. The zero-order valence-corrected chi connectivity index (χ0v) is 12.1. The van der Waals surface area contributed by atoms with Crippen LogP contribution in [0.15, 0.2) is 24.5 Å². The zero-order chi connectivity index (χ0) is 14.9. The van der Waals surface area contributed by atoms with Crippen molar-refractivity contribution in [3.05, 3.63) is 24.5 Å². The fourth-order valence-corrected chi connectivity index (χ4v) is 2.36. The van der Waals surface area contributed by atoms with Crippen LogP contribution in [0.5, 0.6) is 0 Å². The number of carbonyl (C=O) groups is 2. The number of nitrogens with one attached hydrogen (secondary N) is 3. The topological polar surface area (TPSA) is 83.1 Å². The summed E-state index contributed by atoms with van der Waals surface area (Å²) in [6.45, 7) is 2.44. The Labute approximate surface area is 124 Å². The van der Waals surface area contributed by atoms with Crippen molar-refractivity contribution in [3.8, 4) is 0 Å². The summed E-state index contributed by atoms with van der Waals surface area (Å²) in [7, 11) is 0. The molecule has 1 fully saturated rings. The maximum atomic E-state index is 11.7. The minimum atomic E-state index is -0.122. The Balaban J connectivity index is 1.55. The standard InChI is InChI=1S/C15H22N4O2/c20-14(4-3-12-5-8-17-10-12)18-9-6-15(21)19-13-2-1-7-16-11-13/h1-2,7,11-12,17H,3-6,8-10H2,(H,18,20)(H,19,21). The Morgan fingerprint density at radius 3 is 2.95 bits per heavy atom. The molecule has 0 saturated carbocycles. The summed E-state index contributed by atoms with van der Waals surface area (Å²) in [5, 5.41) is 8.81. The Kier molecular flexibility index (Phi) is 6.15. The van der Waals surface area contributed by atoms with Gasteiger partial charge >= 0.3 is 0 Å². The average Bonchev–Trinajstić information content (AvgIpc) is 2.99. The van der Waals surface area contributed by atoms with Crippen LogP contribution in [0.3, 0.4) is 0 Å². The van der Waals surface area contributed by atoms with Crippen LogP contribution in [-0.4, -0.2) is 36.4 Å². The molecule has 0 aromatic carbocycles. The van der Waals surface area contributed by atoms with Crippen LogP contribution in [0.25, 0.3) is 0 Å². The number of pyridine rings is 1. The van der Waals surface area contributed by atoms with E-state index in [0.717, 1.165) is 25.9 Å². The van der Waals surface area contributed by atoms with Crippen LogP contribution in [0.1, 0.15) is 25.7 Å². The Hall–Kier alpha value is -1.95. The van der Waals surface area contributed by atoms with Crippen LogP contribution in [0.4, 0.5) is 5.69 Å². The summed E-state index contributed by atoms with van der Waals surface area (Å²) < 4.78 is 0. The molecule has 114 valence electrons. The van der Waals surface area contributed by atoms with Crippen molar-refractivity contribution >= 4 is 17.5 Å². The number of anilines is 1. The quantitative estimate of drug-likeness (QED) is 0.697. The maximum Gasteiger partial charge on any atom is 0.226 e. The van der Waals surface area contributed by atoms with E-state index in [-0.39, 0.29) is 18.2 Å². The molecule has 0 spiro atoms. The van der Waals surface area contributed by atoms with Crippen molar-refractivity contribution in [3.63, 3.8) is 0 Å². The molecule has 3 N–H and O–H groups in total. The number of hydrogen-bond donors (Lipinski definition) is 3. The number of hydrogen-bond acceptors (Lipinski definition) is 4. The summed E-state index contributed by atoms with van der Waals surface area (Å²) in [5.74, 6) is 0.518. The lowest BCUT2D eigenvalue weighted by molar-refractivity contribution is -0.121. The molecule has 1 unspecified atom stereocenters. The molecule has 1 aliphatic heterocycles. The number of nitrogens with zero attached hydrogens (tertiary/aromatic N) is 1. The largest absolute Gasteiger partial charge is 0.356 e. The van der Waals surface area contributed by atoms with Crippen LogP contribution in [0, 0.1) is 5.92 Å². The van der Waals surface area contributed by atoms with Gasteiger partial charge in [-0.15, -0.1) is 0 Å². The van der Waals surface area contributed by atoms with Gasteiger partial charge in [0.25, 0.3) is 0 Å². The fourth-order valence-electron chi connectivity index (χ4n) is 2.36. The predicted molar refractivity (Wildman–Crippen MR) is 80.7 cm³/mol. The summed E-state index contributed by atoms with van der Waals surface area (Å²) in [5.41, 5.74) is 0.669. The molecule has 1 atom stereocenters. The molecule has 0 aliphatic carbocycles. The van der Waals surface area contributed by atoms with Gasteiger partial charge in [0.2, 0.25) is 11.8 Å². The molecule has 1 saturated heterocycles. The lowest BCUT2D eigenvalue weighted by Gasteiger charge is -2.09. The molecule has 6 heteroatoms. The van der Waals surface area contributed by atoms with Gasteiger partial charge in [-0.05, 0) is 44.0 Å². The smallest absolute Gasteiger partial charge is 0.226 e. The second-order valence-electron chi connectivity index (χ2n) is 5.29. The minimum absolute atomic E-state index is 0.0241. The number of amides is 2. The highest BCUT2D eigenvalue weighted by Crippen LogP contribution is 2.13. The zero-order valence-electron chi connectivity index (χ0n) is 12.1. The van der Waals surface area contributed by atoms with Crippen molar-refractivity contribution in [1.29, 1.82) is 0 Å². The van der Waals surface area contributed by atoms with Crippen LogP contribution >= 0.6 is 0 Å². The molecule has 1 aromatic heterocycles. The lowest BCUT2D eigenvalue weighted by Crippen LogP contribution is -2.28.